The minimum absolute atomic E-state index is 0.718. The van der Waals surface area contributed by atoms with E-state index in [4.69, 9.17) is 4.42 Å². The van der Waals surface area contributed by atoms with Gasteiger partial charge in [0.2, 0.25) is 0 Å². The zero-order chi connectivity index (χ0) is 13.7. The summed E-state index contributed by atoms with van der Waals surface area (Å²) < 4.78 is 5.42. The fourth-order valence-corrected chi connectivity index (χ4v) is 2.09. The third-order valence-electron chi connectivity index (χ3n) is 2.50. The van der Waals surface area contributed by atoms with Crippen LogP contribution in [0.3, 0.4) is 0 Å². The number of rotatable bonds is 5. The van der Waals surface area contributed by atoms with E-state index in [1.165, 1.54) is 0 Å². The summed E-state index contributed by atoms with van der Waals surface area (Å²) in [6.45, 7) is 0. The van der Waals surface area contributed by atoms with Crippen molar-refractivity contribution >= 4 is 17.3 Å². The molecule has 0 saturated heterocycles. The lowest BCUT2D eigenvalue weighted by Crippen LogP contribution is -2.05. The van der Waals surface area contributed by atoms with Crippen molar-refractivity contribution in [1.29, 1.82) is 0 Å². The Balaban J connectivity index is 2.31. The van der Waals surface area contributed by atoms with Crippen molar-refractivity contribution in [3.8, 4) is 0 Å². The van der Waals surface area contributed by atoms with Crippen LogP contribution in [0.15, 0.2) is 46.4 Å². The van der Waals surface area contributed by atoms with Crippen LogP contribution in [0.1, 0.15) is 11.5 Å². The molecule has 0 amide bonds. The number of aromatic nitrogens is 2. The van der Waals surface area contributed by atoms with E-state index in [0.29, 0.717) is 0 Å². The predicted octanol–water partition coefficient (Wildman–Crippen LogP) is 2.94. The third kappa shape index (κ3) is 3.86. The van der Waals surface area contributed by atoms with Gasteiger partial charge in [-0.25, -0.2) is 9.97 Å². The Morgan fingerprint density at radius 3 is 2.89 bits per heavy atom. The molecule has 0 N–H and O–H groups in total. The number of thioether (sulfide) groups is 1. The zero-order valence-corrected chi connectivity index (χ0v) is 12.1. The molecule has 100 valence electrons. The van der Waals surface area contributed by atoms with E-state index in [0.717, 1.165) is 28.6 Å². The van der Waals surface area contributed by atoms with Gasteiger partial charge in [0.25, 0.3) is 0 Å². The SMILES string of the molecule is CSc1nccc(/C(=C\N(C)C)Cc2ccco2)n1. The van der Waals surface area contributed by atoms with Crippen LogP contribution in [0.4, 0.5) is 0 Å². The predicted molar refractivity (Wildman–Crippen MR) is 77.9 cm³/mol. The number of furan rings is 1. The minimum Gasteiger partial charge on any atom is -0.469 e. The lowest BCUT2D eigenvalue weighted by atomic mass is 10.1. The first-order chi connectivity index (χ1) is 9.19. The molecule has 5 heteroatoms. The van der Waals surface area contributed by atoms with Crippen molar-refractivity contribution in [2.45, 2.75) is 11.6 Å². The first kappa shape index (κ1) is 13.7. The summed E-state index contributed by atoms with van der Waals surface area (Å²) >= 11 is 1.54. The molecule has 0 fully saturated rings. The van der Waals surface area contributed by atoms with Crippen molar-refractivity contribution in [2.24, 2.45) is 0 Å². The summed E-state index contributed by atoms with van der Waals surface area (Å²) in [6.07, 6.45) is 8.24. The minimum atomic E-state index is 0.718. The van der Waals surface area contributed by atoms with Gasteiger partial charge in [0.15, 0.2) is 5.16 Å². The largest absolute Gasteiger partial charge is 0.469 e. The van der Waals surface area contributed by atoms with E-state index in [1.54, 1.807) is 24.2 Å². The molecular formula is C14H17N3OS. The molecule has 2 aromatic heterocycles. The topological polar surface area (TPSA) is 42.2 Å². The second kappa shape index (κ2) is 6.43. The highest BCUT2D eigenvalue weighted by molar-refractivity contribution is 7.98. The lowest BCUT2D eigenvalue weighted by Gasteiger charge is -2.11. The molecule has 0 atom stereocenters. The highest BCUT2D eigenvalue weighted by Crippen LogP contribution is 2.20. The molecule has 0 aromatic carbocycles. The van der Waals surface area contributed by atoms with Crippen LogP contribution < -0.4 is 0 Å². The van der Waals surface area contributed by atoms with Crippen molar-refractivity contribution in [3.63, 3.8) is 0 Å². The Labute approximate surface area is 117 Å². The van der Waals surface area contributed by atoms with Crippen LogP contribution in [0.2, 0.25) is 0 Å². The van der Waals surface area contributed by atoms with Crippen LogP contribution in [0.5, 0.6) is 0 Å². The number of hydrogen-bond acceptors (Lipinski definition) is 5. The van der Waals surface area contributed by atoms with Crippen molar-refractivity contribution in [3.05, 3.63) is 48.3 Å². The maximum absolute atomic E-state index is 5.42. The molecule has 0 aliphatic carbocycles. The second-order valence-corrected chi connectivity index (χ2v) is 5.08. The summed E-state index contributed by atoms with van der Waals surface area (Å²) in [5.74, 6) is 0.928. The molecule has 4 nitrogen and oxygen atoms in total. The average molecular weight is 275 g/mol. The van der Waals surface area contributed by atoms with Gasteiger partial charge in [-0.3, -0.25) is 0 Å². The molecule has 0 radical (unpaired) electrons. The third-order valence-corrected chi connectivity index (χ3v) is 3.07. The van der Waals surface area contributed by atoms with Gasteiger partial charge in [0.05, 0.1) is 12.0 Å². The Kier molecular flexibility index (Phi) is 4.63. The Morgan fingerprint density at radius 2 is 2.26 bits per heavy atom. The van der Waals surface area contributed by atoms with E-state index in [-0.39, 0.29) is 0 Å². The fourth-order valence-electron chi connectivity index (χ4n) is 1.73. The molecule has 0 saturated carbocycles. The zero-order valence-electron chi connectivity index (χ0n) is 11.3. The van der Waals surface area contributed by atoms with E-state index >= 15 is 0 Å². The van der Waals surface area contributed by atoms with Gasteiger partial charge in [-0.1, -0.05) is 11.8 Å². The molecule has 0 aliphatic rings. The quantitative estimate of drug-likeness (QED) is 0.620. The highest BCUT2D eigenvalue weighted by Gasteiger charge is 2.08. The van der Waals surface area contributed by atoms with Crippen LogP contribution in [-0.2, 0) is 6.42 Å². The van der Waals surface area contributed by atoms with Gasteiger partial charge in [-0.15, -0.1) is 0 Å². The van der Waals surface area contributed by atoms with Gasteiger partial charge in [0, 0.05) is 38.5 Å². The maximum atomic E-state index is 5.42. The first-order valence-electron chi connectivity index (χ1n) is 5.96. The second-order valence-electron chi connectivity index (χ2n) is 4.30. The molecule has 2 rings (SSSR count). The fraction of sp³-hybridized carbons (Fsp3) is 0.286. The summed E-state index contributed by atoms with van der Waals surface area (Å²) in [7, 11) is 4.00. The smallest absolute Gasteiger partial charge is 0.187 e. The van der Waals surface area contributed by atoms with Gasteiger partial charge in [-0.05, 0) is 24.5 Å². The number of allylic oxidation sites excluding steroid dienone is 1. The monoisotopic (exact) mass is 275 g/mol. The molecule has 0 unspecified atom stereocenters. The van der Waals surface area contributed by atoms with Crippen molar-refractivity contribution in [2.75, 3.05) is 20.4 Å². The van der Waals surface area contributed by atoms with Gasteiger partial charge < -0.3 is 9.32 Å². The highest BCUT2D eigenvalue weighted by atomic mass is 32.2. The maximum Gasteiger partial charge on any atom is 0.187 e. The molecule has 19 heavy (non-hydrogen) atoms. The Morgan fingerprint density at radius 1 is 1.42 bits per heavy atom. The Bertz CT molecular complexity index is 550. The van der Waals surface area contributed by atoms with E-state index in [2.05, 4.69) is 16.2 Å². The summed E-state index contributed by atoms with van der Waals surface area (Å²) in [5, 5.41) is 0.779. The van der Waals surface area contributed by atoms with Crippen LogP contribution in [0, 0.1) is 0 Å². The van der Waals surface area contributed by atoms with Gasteiger partial charge in [-0.2, -0.15) is 0 Å². The summed E-state index contributed by atoms with van der Waals surface area (Å²) in [6, 6.07) is 5.80. The van der Waals surface area contributed by atoms with Crippen molar-refractivity contribution in [1.82, 2.24) is 14.9 Å². The van der Waals surface area contributed by atoms with Gasteiger partial charge >= 0.3 is 0 Å². The molecule has 2 aromatic rings. The van der Waals surface area contributed by atoms with E-state index < -0.39 is 0 Å². The average Bonchev–Trinajstić information content (AvgIpc) is 2.90. The molecule has 0 spiro atoms. The summed E-state index contributed by atoms with van der Waals surface area (Å²) in [4.78, 5) is 10.8. The molecule has 2 heterocycles. The van der Waals surface area contributed by atoms with Crippen molar-refractivity contribution < 1.29 is 4.42 Å². The Hall–Kier alpha value is -1.75. The summed E-state index contributed by atoms with van der Waals surface area (Å²) in [5.41, 5.74) is 2.04. The van der Waals surface area contributed by atoms with E-state index in [1.807, 2.05) is 43.5 Å². The van der Waals surface area contributed by atoms with Gasteiger partial charge in [0.1, 0.15) is 5.76 Å². The van der Waals surface area contributed by atoms with Crippen LogP contribution in [0.25, 0.3) is 5.57 Å². The normalized spacial score (nSPS) is 11.6. The molecule has 0 aliphatic heterocycles. The van der Waals surface area contributed by atoms with E-state index in [9.17, 15) is 0 Å². The lowest BCUT2D eigenvalue weighted by molar-refractivity contribution is 0.521. The first-order valence-corrected chi connectivity index (χ1v) is 7.18. The number of nitrogens with zero attached hydrogens (tertiary/aromatic N) is 3. The molecule has 0 bridgehead atoms. The standard InChI is InChI=1S/C14H17N3OS/c1-17(2)10-11(9-12-5-4-8-18-12)13-6-7-15-14(16-13)19-3/h4-8,10H,9H2,1-3H3/b11-10-. The molecular weight excluding hydrogens is 258 g/mol. The van der Waals surface area contributed by atoms with Crippen LogP contribution in [-0.4, -0.2) is 35.2 Å². The van der Waals surface area contributed by atoms with Crippen LogP contribution >= 0.6 is 11.8 Å². The number of hydrogen-bond donors (Lipinski definition) is 0.